The number of rotatable bonds is 11. The zero-order chi connectivity index (χ0) is 37.9. The van der Waals surface area contributed by atoms with E-state index in [-0.39, 0.29) is 69.9 Å². The SMILES string of the molecule is C=C(COC(C)=O)C(C)O[C@H]1[C@H](OC)C[C@@]23COC[C@]1(C)[C@@H]2CC[C@H]1C3=CC[C@@]2(C)[C@H](C(=O)OCc3ccccc3)[C@@](C)([C@H](C)C(C)C)CC[C@]12C. The Bertz CT molecular complexity index is 1530. The number of carbonyl (C=O) groups is 2. The second-order valence-corrected chi connectivity index (χ2v) is 18.7. The molecule has 1 aliphatic heterocycles. The number of hydrogen-bond acceptors (Lipinski definition) is 7. The summed E-state index contributed by atoms with van der Waals surface area (Å²) in [4.78, 5) is 26.2. The molecule has 7 nitrogen and oxygen atoms in total. The Morgan fingerprint density at radius 1 is 0.962 bits per heavy atom. The highest BCUT2D eigenvalue weighted by Gasteiger charge is 2.72. The third kappa shape index (κ3) is 6.13. The third-order valence-corrected chi connectivity index (χ3v) is 16.0. The lowest BCUT2D eigenvalue weighted by Crippen LogP contribution is -2.70. The molecule has 0 spiro atoms. The molecule has 2 bridgehead atoms. The van der Waals surface area contributed by atoms with Crippen LogP contribution in [0.25, 0.3) is 0 Å². The molecule has 0 aromatic heterocycles. The van der Waals surface area contributed by atoms with Crippen molar-refractivity contribution in [1.82, 2.24) is 0 Å². The molecular formula is C45H66O7. The Hall–Kier alpha value is -2.48. The monoisotopic (exact) mass is 718 g/mol. The maximum atomic E-state index is 14.7. The van der Waals surface area contributed by atoms with Gasteiger partial charge in [-0.15, -0.1) is 0 Å². The van der Waals surface area contributed by atoms with Crippen molar-refractivity contribution in [3.63, 3.8) is 0 Å². The van der Waals surface area contributed by atoms with E-state index in [2.05, 4.69) is 61.1 Å². The quantitative estimate of drug-likeness (QED) is 0.167. The number of carbonyl (C=O) groups excluding carboxylic acids is 2. The van der Waals surface area contributed by atoms with Gasteiger partial charge in [0.2, 0.25) is 0 Å². The second kappa shape index (κ2) is 14.3. The van der Waals surface area contributed by atoms with Gasteiger partial charge in [0.15, 0.2) is 0 Å². The van der Waals surface area contributed by atoms with Crippen molar-refractivity contribution in [3.05, 3.63) is 59.7 Å². The van der Waals surface area contributed by atoms with Gasteiger partial charge in [-0.25, -0.2) is 0 Å². The lowest BCUT2D eigenvalue weighted by Gasteiger charge is -2.71. The number of benzene rings is 1. The van der Waals surface area contributed by atoms with Gasteiger partial charge < -0.3 is 23.7 Å². The van der Waals surface area contributed by atoms with Crippen LogP contribution in [0.2, 0.25) is 0 Å². The fraction of sp³-hybridized carbons (Fsp3) is 0.733. The third-order valence-electron chi connectivity index (χ3n) is 16.0. The Kier molecular flexibility index (Phi) is 10.8. The molecule has 12 atom stereocenters. The molecule has 6 rings (SSSR count). The first-order valence-electron chi connectivity index (χ1n) is 20.0. The van der Waals surface area contributed by atoms with Gasteiger partial charge in [0, 0.05) is 24.9 Å². The molecule has 5 aliphatic rings. The van der Waals surface area contributed by atoms with Gasteiger partial charge >= 0.3 is 11.9 Å². The van der Waals surface area contributed by atoms with Crippen molar-refractivity contribution < 1.29 is 33.3 Å². The largest absolute Gasteiger partial charge is 0.461 e. The molecule has 1 aromatic rings. The highest BCUT2D eigenvalue weighted by atomic mass is 16.6. The summed E-state index contributed by atoms with van der Waals surface area (Å²) in [7, 11) is 1.81. The van der Waals surface area contributed by atoms with Gasteiger partial charge in [0.05, 0.1) is 37.4 Å². The summed E-state index contributed by atoms with van der Waals surface area (Å²) in [6.07, 6.45) is 7.86. The number of hydrogen-bond donors (Lipinski definition) is 0. The summed E-state index contributed by atoms with van der Waals surface area (Å²) in [5, 5.41) is 0. The summed E-state index contributed by atoms with van der Waals surface area (Å²) in [5.74, 6) is 0.941. The summed E-state index contributed by atoms with van der Waals surface area (Å²) >= 11 is 0. The molecule has 52 heavy (non-hydrogen) atoms. The Morgan fingerprint density at radius 2 is 1.67 bits per heavy atom. The van der Waals surface area contributed by atoms with E-state index in [0.717, 1.165) is 49.7 Å². The smallest absolute Gasteiger partial charge is 0.310 e. The number of allylic oxidation sites excluding steroid dienone is 1. The number of methoxy groups -OCH3 is 1. The standard InChI is InChI=1S/C45H66O7/c1-28(2)30(4)41(7)21-22-43(9)34-17-18-37-42(8)26-49-27-45(37,23-36(48-11)39(42)52-31(5)29(3)24-50-32(6)46)35(34)19-20-44(43,10)38(41)40(47)51-25-33-15-13-12-14-16-33/h12-16,19,28,30-31,34,36-39H,3,17-18,20-27H2,1-2,4-11H3/t30-,31?,34+,36-,37+,38-,39+,41-,42-,43-,44+,45+/m1/s1. The molecule has 0 radical (unpaired) electrons. The molecule has 4 fully saturated rings. The molecule has 3 saturated carbocycles. The van der Waals surface area contributed by atoms with Crippen LogP contribution < -0.4 is 0 Å². The van der Waals surface area contributed by atoms with Gasteiger partial charge in [-0.05, 0) is 96.5 Å². The minimum Gasteiger partial charge on any atom is -0.461 e. The predicted octanol–water partition coefficient (Wildman–Crippen LogP) is 9.14. The highest BCUT2D eigenvalue weighted by Crippen LogP contribution is 2.75. The highest BCUT2D eigenvalue weighted by molar-refractivity contribution is 5.75. The zero-order valence-corrected chi connectivity index (χ0v) is 33.7. The van der Waals surface area contributed by atoms with E-state index in [9.17, 15) is 9.59 Å². The van der Waals surface area contributed by atoms with Crippen LogP contribution in [0.1, 0.15) is 106 Å². The van der Waals surface area contributed by atoms with Crippen LogP contribution in [0.3, 0.4) is 0 Å². The number of ether oxygens (including phenoxy) is 5. The minimum absolute atomic E-state index is 0.0360. The first-order chi connectivity index (χ1) is 24.5. The summed E-state index contributed by atoms with van der Waals surface area (Å²) in [6, 6.07) is 10.1. The van der Waals surface area contributed by atoms with Crippen LogP contribution in [-0.2, 0) is 39.9 Å². The Morgan fingerprint density at radius 3 is 2.33 bits per heavy atom. The van der Waals surface area contributed by atoms with Gasteiger partial charge in [-0.2, -0.15) is 0 Å². The van der Waals surface area contributed by atoms with E-state index < -0.39 is 0 Å². The molecule has 0 N–H and O–H groups in total. The van der Waals surface area contributed by atoms with E-state index in [4.69, 9.17) is 23.7 Å². The maximum Gasteiger partial charge on any atom is 0.310 e. The molecule has 1 unspecified atom stereocenters. The topological polar surface area (TPSA) is 80.3 Å². The van der Waals surface area contributed by atoms with Gasteiger partial charge in [0.25, 0.3) is 0 Å². The van der Waals surface area contributed by atoms with Gasteiger partial charge in [-0.3, -0.25) is 9.59 Å². The Balaban J connectivity index is 1.35. The van der Waals surface area contributed by atoms with E-state index >= 15 is 0 Å². The first-order valence-corrected chi connectivity index (χ1v) is 20.0. The first kappa shape index (κ1) is 39.2. The molecule has 1 saturated heterocycles. The van der Waals surface area contributed by atoms with Crippen molar-refractivity contribution >= 4 is 11.9 Å². The van der Waals surface area contributed by atoms with Crippen LogP contribution in [0, 0.1) is 56.7 Å². The summed E-state index contributed by atoms with van der Waals surface area (Å²) in [5.41, 5.74) is 2.33. The fourth-order valence-electron chi connectivity index (χ4n) is 12.4. The lowest BCUT2D eigenvalue weighted by atomic mass is 9.34. The average molecular weight is 719 g/mol. The molecule has 288 valence electrons. The fourth-order valence-corrected chi connectivity index (χ4v) is 12.4. The molecule has 4 aliphatic carbocycles. The van der Waals surface area contributed by atoms with Crippen LogP contribution >= 0.6 is 0 Å². The van der Waals surface area contributed by atoms with Crippen LogP contribution in [0.15, 0.2) is 54.1 Å². The molecule has 1 heterocycles. The van der Waals surface area contributed by atoms with Crippen molar-refractivity contribution in [2.24, 2.45) is 56.7 Å². The van der Waals surface area contributed by atoms with Gasteiger partial charge in [-0.1, -0.05) is 97.0 Å². The molecular weight excluding hydrogens is 652 g/mol. The molecule has 7 heteroatoms. The summed E-state index contributed by atoms with van der Waals surface area (Å²) < 4.78 is 31.5. The van der Waals surface area contributed by atoms with Crippen molar-refractivity contribution in [2.45, 2.75) is 126 Å². The normalized spacial score (nSPS) is 40.7. The van der Waals surface area contributed by atoms with Gasteiger partial charge in [0.1, 0.15) is 13.2 Å². The maximum absolute atomic E-state index is 14.7. The lowest BCUT2D eigenvalue weighted by molar-refractivity contribution is -0.272. The zero-order valence-electron chi connectivity index (χ0n) is 33.7. The van der Waals surface area contributed by atoms with Crippen LogP contribution in [-0.4, -0.2) is 57.2 Å². The van der Waals surface area contributed by atoms with Crippen molar-refractivity contribution in [2.75, 3.05) is 26.9 Å². The van der Waals surface area contributed by atoms with Crippen LogP contribution in [0.4, 0.5) is 0 Å². The average Bonchev–Trinajstić information content (AvgIpc) is 3.11. The predicted molar refractivity (Wildman–Crippen MR) is 203 cm³/mol. The minimum atomic E-state index is -0.326. The summed E-state index contributed by atoms with van der Waals surface area (Å²) in [6.45, 7) is 26.0. The van der Waals surface area contributed by atoms with E-state index in [1.807, 2.05) is 44.4 Å². The van der Waals surface area contributed by atoms with Crippen LogP contribution in [0.5, 0.6) is 0 Å². The van der Waals surface area contributed by atoms with Crippen molar-refractivity contribution in [3.8, 4) is 0 Å². The van der Waals surface area contributed by atoms with E-state index in [0.29, 0.717) is 43.5 Å². The Labute approximate surface area is 313 Å². The number of esters is 2. The number of fused-ring (bicyclic) bond motifs is 3. The van der Waals surface area contributed by atoms with E-state index in [1.54, 1.807) is 5.57 Å². The van der Waals surface area contributed by atoms with E-state index in [1.165, 1.54) is 6.92 Å². The van der Waals surface area contributed by atoms with Crippen molar-refractivity contribution in [1.29, 1.82) is 0 Å². The molecule has 0 amide bonds. The second-order valence-electron chi connectivity index (χ2n) is 18.7. The molecule has 1 aromatic carbocycles.